The highest BCUT2D eigenvalue weighted by atomic mass is 16.4. The first-order valence-electron chi connectivity index (χ1n) is 7.78. The molecule has 1 aromatic carbocycles. The summed E-state index contributed by atoms with van der Waals surface area (Å²) in [5.74, 6) is 0.249. The Morgan fingerprint density at radius 2 is 2.00 bits per heavy atom. The van der Waals surface area contributed by atoms with Crippen molar-refractivity contribution in [1.29, 1.82) is 0 Å². The smallest absolute Gasteiger partial charge is 0.289 e. The average Bonchev–Trinajstić information content (AvgIpc) is 3.12. The average molecular weight is 329 g/mol. The lowest BCUT2D eigenvalue weighted by atomic mass is 10.1. The molecule has 1 saturated heterocycles. The third-order valence-electron chi connectivity index (χ3n) is 3.80. The fourth-order valence-corrected chi connectivity index (χ4v) is 2.58. The van der Waals surface area contributed by atoms with Gasteiger partial charge in [-0.2, -0.15) is 0 Å². The van der Waals surface area contributed by atoms with E-state index in [1.54, 1.807) is 35.2 Å². The number of hydrogen-bond donors (Lipinski definition) is 3. The molecule has 0 spiro atoms. The molecule has 1 fully saturated rings. The second-order valence-corrected chi connectivity index (χ2v) is 5.49. The van der Waals surface area contributed by atoms with Gasteiger partial charge in [0.2, 0.25) is 5.91 Å². The molecule has 3 rings (SSSR count). The first kappa shape index (κ1) is 16.2. The number of aliphatic hydroxyl groups excluding tert-OH is 1. The van der Waals surface area contributed by atoms with E-state index < -0.39 is 12.5 Å². The van der Waals surface area contributed by atoms with E-state index in [1.165, 1.54) is 0 Å². The van der Waals surface area contributed by atoms with Gasteiger partial charge in [0, 0.05) is 37.4 Å². The molecule has 0 atom stereocenters. The first-order chi connectivity index (χ1) is 11.7. The zero-order valence-electron chi connectivity index (χ0n) is 13.1. The van der Waals surface area contributed by atoms with Crippen LogP contribution in [0.5, 0.6) is 0 Å². The molecule has 0 unspecified atom stereocenters. The number of carbonyl (C=O) groups is 2. The van der Waals surface area contributed by atoms with Crippen LogP contribution in [-0.4, -0.2) is 54.6 Å². The normalized spacial score (nSPS) is 14.5. The molecule has 2 heterocycles. The minimum atomic E-state index is -0.575. The van der Waals surface area contributed by atoms with Gasteiger partial charge in [-0.3, -0.25) is 9.59 Å². The molecule has 1 aliphatic heterocycles. The highest BCUT2D eigenvalue weighted by molar-refractivity contribution is 5.93. The number of hydrogen-bond acceptors (Lipinski definition) is 5. The quantitative estimate of drug-likeness (QED) is 0.775. The van der Waals surface area contributed by atoms with E-state index in [9.17, 15) is 9.59 Å². The number of aliphatic hydroxyl groups is 1. The van der Waals surface area contributed by atoms with E-state index in [4.69, 9.17) is 9.52 Å². The largest absolute Gasteiger partial charge is 0.451 e. The van der Waals surface area contributed by atoms with Gasteiger partial charge in [-0.05, 0) is 24.3 Å². The standard InChI is InChI=1S/C17H19N3O4/c21-11-16(22)19-13-3-1-2-12(10-13)14-4-5-15(24-14)17(23)20-8-6-18-7-9-20/h1-5,10,18,21H,6-9,11H2,(H,19,22). The van der Waals surface area contributed by atoms with Crippen LogP contribution in [0, 0.1) is 0 Å². The molecule has 0 bridgehead atoms. The van der Waals surface area contributed by atoms with Gasteiger partial charge >= 0.3 is 0 Å². The number of piperazine rings is 1. The van der Waals surface area contributed by atoms with Crippen molar-refractivity contribution < 1.29 is 19.1 Å². The fourth-order valence-electron chi connectivity index (χ4n) is 2.58. The van der Waals surface area contributed by atoms with Crippen LogP contribution >= 0.6 is 0 Å². The SMILES string of the molecule is O=C(CO)Nc1cccc(-c2ccc(C(=O)N3CCNCC3)o2)c1. The molecule has 7 heteroatoms. The van der Waals surface area contributed by atoms with E-state index in [0.717, 1.165) is 18.7 Å². The summed E-state index contributed by atoms with van der Waals surface area (Å²) in [6.45, 7) is 2.32. The summed E-state index contributed by atoms with van der Waals surface area (Å²) in [4.78, 5) is 25.4. The van der Waals surface area contributed by atoms with Crippen molar-refractivity contribution in [2.45, 2.75) is 0 Å². The number of rotatable bonds is 4. The Labute approximate surface area is 139 Å². The van der Waals surface area contributed by atoms with Crippen molar-refractivity contribution >= 4 is 17.5 Å². The molecule has 7 nitrogen and oxygen atoms in total. The second-order valence-electron chi connectivity index (χ2n) is 5.49. The van der Waals surface area contributed by atoms with Crippen LogP contribution in [0.1, 0.15) is 10.6 Å². The summed E-state index contributed by atoms with van der Waals surface area (Å²) in [5, 5.41) is 14.6. The maximum atomic E-state index is 12.4. The third-order valence-corrected chi connectivity index (χ3v) is 3.80. The van der Waals surface area contributed by atoms with Crippen molar-refractivity contribution in [2.24, 2.45) is 0 Å². The fraction of sp³-hybridized carbons (Fsp3) is 0.294. The number of nitrogens with one attached hydrogen (secondary N) is 2. The summed E-state index contributed by atoms with van der Waals surface area (Å²) >= 11 is 0. The topological polar surface area (TPSA) is 94.8 Å². The van der Waals surface area contributed by atoms with Crippen molar-refractivity contribution in [1.82, 2.24) is 10.2 Å². The monoisotopic (exact) mass is 329 g/mol. The zero-order chi connectivity index (χ0) is 16.9. The molecule has 24 heavy (non-hydrogen) atoms. The Kier molecular flexibility index (Phi) is 4.93. The van der Waals surface area contributed by atoms with Crippen LogP contribution in [0.3, 0.4) is 0 Å². The van der Waals surface area contributed by atoms with Gasteiger partial charge in [0.1, 0.15) is 12.4 Å². The van der Waals surface area contributed by atoms with Crippen molar-refractivity contribution in [3.63, 3.8) is 0 Å². The molecule has 0 radical (unpaired) electrons. The van der Waals surface area contributed by atoms with E-state index >= 15 is 0 Å². The van der Waals surface area contributed by atoms with E-state index in [0.29, 0.717) is 30.3 Å². The summed E-state index contributed by atoms with van der Waals surface area (Å²) in [6, 6.07) is 10.4. The molecule has 3 N–H and O–H groups in total. The molecule has 2 amide bonds. The van der Waals surface area contributed by atoms with Crippen molar-refractivity contribution in [3.05, 3.63) is 42.2 Å². The maximum Gasteiger partial charge on any atom is 0.289 e. The number of amides is 2. The third kappa shape index (κ3) is 3.64. The lowest BCUT2D eigenvalue weighted by molar-refractivity contribution is -0.118. The van der Waals surface area contributed by atoms with E-state index in [1.807, 2.05) is 6.07 Å². The summed E-state index contributed by atoms with van der Waals surface area (Å²) in [6.07, 6.45) is 0. The number of furan rings is 1. The first-order valence-corrected chi connectivity index (χ1v) is 7.78. The Morgan fingerprint density at radius 3 is 2.75 bits per heavy atom. The van der Waals surface area contributed by atoms with Crippen LogP contribution in [0.25, 0.3) is 11.3 Å². The Balaban J connectivity index is 1.76. The van der Waals surface area contributed by atoms with Crippen LogP contribution < -0.4 is 10.6 Å². The predicted molar refractivity (Wildman–Crippen MR) is 88.6 cm³/mol. The van der Waals surface area contributed by atoms with Crippen LogP contribution in [0.2, 0.25) is 0 Å². The molecule has 1 aliphatic rings. The molecule has 0 saturated carbocycles. The molecular formula is C17H19N3O4. The summed E-state index contributed by atoms with van der Waals surface area (Å²) in [7, 11) is 0. The van der Waals surface area contributed by atoms with Gasteiger partial charge in [0.05, 0.1) is 0 Å². The molecule has 2 aromatic rings. The van der Waals surface area contributed by atoms with Crippen molar-refractivity contribution in [3.8, 4) is 11.3 Å². The lowest BCUT2D eigenvalue weighted by Crippen LogP contribution is -2.46. The molecular weight excluding hydrogens is 310 g/mol. The minimum Gasteiger partial charge on any atom is -0.451 e. The van der Waals surface area contributed by atoms with Gasteiger partial charge in [-0.1, -0.05) is 12.1 Å². The van der Waals surface area contributed by atoms with Gasteiger partial charge in [0.25, 0.3) is 5.91 Å². The van der Waals surface area contributed by atoms with Gasteiger partial charge in [0.15, 0.2) is 5.76 Å². The Hall–Kier alpha value is -2.64. The predicted octanol–water partition coefficient (Wildman–Crippen LogP) is 0.923. The molecule has 1 aromatic heterocycles. The number of anilines is 1. The van der Waals surface area contributed by atoms with Crippen LogP contribution in [0.15, 0.2) is 40.8 Å². The minimum absolute atomic E-state index is 0.118. The lowest BCUT2D eigenvalue weighted by Gasteiger charge is -2.26. The summed E-state index contributed by atoms with van der Waals surface area (Å²) in [5.41, 5.74) is 1.29. The molecule has 0 aliphatic carbocycles. The van der Waals surface area contributed by atoms with Crippen LogP contribution in [0.4, 0.5) is 5.69 Å². The maximum absolute atomic E-state index is 12.4. The van der Waals surface area contributed by atoms with Crippen LogP contribution in [-0.2, 0) is 4.79 Å². The Bertz CT molecular complexity index is 735. The van der Waals surface area contributed by atoms with Gasteiger partial charge in [-0.25, -0.2) is 0 Å². The molecule has 126 valence electrons. The van der Waals surface area contributed by atoms with Gasteiger partial charge < -0.3 is 25.1 Å². The van der Waals surface area contributed by atoms with E-state index in [2.05, 4.69) is 10.6 Å². The summed E-state index contributed by atoms with van der Waals surface area (Å²) < 4.78 is 5.70. The van der Waals surface area contributed by atoms with Gasteiger partial charge in [-0.15, -0.1) is 0 Å². The highest BCUT2D eigenvalue weighted by Gasteiger charge is 2.21. The Morgan fingerprint density at radius 1 is 1.21 bits per heavy atom. The second kappa shape index (κ2) is 7.29. The number of carbonyl (C=O) groups excluding carboxylic acids is 2. The number of benzene rings is 1. The van der Waals surface area contributed by atoms with Crippen molar-refractivity contribution in [2.75, 3.05) is 38.1 Å². The number of nitrogens with zero attached hydrogens (tertiary/aromatic N) is 1. The van der Waals surface area contributed by atoms with E-state index in [-0.39, 0.29) is 5.91 Å². The highest BCUT2D eigenvalue weighted by Crippen LogP contribution is 2.25. The zero-order valence-corrected chi connectivity index (χ0v) is 13.1.